The van der Waals surface area contributed by atoms with Gasteiger partial charge in [-0.15, -0.1) is 34.2 Å². The van der Waals surface area contributed by atoms with E-state index < -0.39 is 11.7 Å². The van der Waals surface area contributed by atoms with Crippen molar-refractivity contribution in [1.29, 1.82) is 0 Å². The molecule has 0 aliphatic rings. The first-order valence-electron chi connectivity index (χ1n) is 9.21. The van der Waals surface area contributed by atoms with Gasteiger partial charge < -0.3 is 19.5 Å². The predicted octanol–water partition coefficient (Wildman–Crippen LogP) is 3.37. The summed E-state index contributed by atoms with van der Waals surface area (Å²) in [5, 5.41) is 11.4. The summed E-state index contributed by atoms with van der Waals surface area (Å²) in [6, 6.07) is 5.14. The second-order valence-electron chi connectivity index (χ2n) is 6.69. The van der Waals surface area contributed by atoms with Crippen LogP contribution in [0.1, 0.15) is 29.2 Å². The minimum atomic E-state index is -4.34. The average molecular weight is 540 g/mol. The Labute approximate surface area is 191 Å². The van der Waals surface area contributed by atoms with Gasteiger partial charge in [-0.2, -0.15) is 13.2 Å². The lowest BCUT2D eigenvalue weighted by atomic mass is 10.1. The molecule has 0 atom stereocenters. The number of guanidine groups is 1. The highest BCUT2D eigenvalue weighted by atomic mass is 127. The minimum Gasteiger partial charge on any atom is -0.385 e. The molecule has 2 rings (SSSR count). The molecule has 0 saturated carbocycles. The van der Waals surface area contributed by atoms with Crippen molar-refractivity contribution in [3.63, 3.8) is 0 Å². The van der Waals surface area contributed by atoms with Gasteiger partial charge in [0, 0.05) is 40.9 Å². The topological polar surface area (TPSA) is 67.6 Å². The first kappa shape index (κ1) is 26.1. The Hall–Kier alpha value is -1.89. The normalized spacial score (nSPS) is 11.9. The highest BCUT2D eigenvalue weighted by Gasteiger charge is 2.29. The van der Waals surface area contributed by atoms with Gasteiger partial charge in [0.15, 0.2) is 11.8 Å². The third-order valence-electron chi connectivity index (χ3n) is 4.42. The Morgan fingerprint density at radius 2 is 1.90 bits per heavy atom. The summed E-state index contributed by atoms with van der Waals surface area (Å²) >= 11 is 0. The lowest BCUT2D eigenvalue weighted by molar-refractivity contribution is -0.137. The molecule has 2 aromatic rings. The maximum absolute atomic E-state index is 12.7. The standard InChI is InChI=1S/C19H27F3N6O.HI/c1-14-25-26-17(28(14)3)12-24-18(23-10-5-11-29-4)27(2)13-15-6-8-16(9-7-15)19(20,21)22;/h6-9H,5,10-13H2,1-4H3,(H,23,24);1H. The Bertz CT molecular complexity index is 808. The number of aromatic nitrogens is 3. The number of hydrogen-bond donors (Lipinski definition) is 1. The number of aryl methyl sites for hydroxylation is 1. The van der Waals surface area contributed by atoms with Crippen molar-refractivity contribution in [2.45, 2.75) is 32.6 Å². The van der Waals surface area contributed by atoms with E-state index in [0.29, 0.717) is 32.2 Å². The summed E-state index contributed by atoms with van der Waals surface area (Å²) < 4.78 is 45.2. The van der Waals surface area contributed by atoms with Crippen molar-refractivity contribution in [1.82, 2.24) is 25.0 Å². The fraction of sp³-hybridized carbons (Fsp3) is 0.526. The molecule has 0 aliphatic heterocycles. The van der Waals surface area contributed by atoms with Gasteiger partial charge >= 0.3 is 6.18 Å². The number of hydrogen-bond acceptors (Lipinski definition) is 4. The molecule has 168 valence electrons. The molecule has 0 unspecified atom stereocenters. The molecule has 11 heteroatoms. The zero-order valence-electron chi connectivity index (χ0n) is 17.5. The Morgan fingerprint density at radius 3 is 2.43 bits per heavy atom. The number of benzene rings is 1. The van der Waals surface area contributed by atoms with Crippen molar-refractivity contribution in [2.75, 3.05) is 27.3 Å². The molecule has 0 amide bonds. The molecule has 0 bridgehead atoms. The van der Waals surface area contributed by atoms with E-state index in [-0.39, 0.29) is 24.0 Å². The lowest BCUT2D eigenvalue weighted by Gasteiger charge is -2.23. The quantitative estimate of drug-likeness (QED) is 0.241. The molecule has 30 heavy (non-hydrogen) atoms. The van der Waals surface area contributed by atoms with Crippen LogP contribution in [0.2, 0.25) is 0 Å². The molecule has 1 N–H and O–H groups in total. The highest BCUT2D eigenvalue weighted by Crippen LogP contribution is 2.29. The van der Waals surface area contributed by atoms with Crippen molar-refractivity contribution in [3.05, 3.63) is 47.0 Å². The SMILES string of the molecule is COCCCNC(=NCc1nnc(C)n1C)N(C)Cc1ccc(C(F)(F)F)cc1.I. The average Bonchev–Trinajstić information content (AvgIpc) is 2.99. The summed E-state index contributed by atoms with van der Waals surface area (Å²) in [7, 11) is 5.35. The van der Waals surface area contributed by atoms with E-state index in [2.05, 4.69) is 20.5 Å². The molecular formula is C19H28F3IN6O. The van der Waals surface area contributed by atoms with Crippen LogP contribution >= 0.6 is 24.0 Å². The van der Waals surface area contributed by atoms with Gasteiger partial charge in [0.1, 0.15) is 12.4 Å². The fourth-order valence-corrected chi connectivity index (χ4v) is 2.61. The maximum atomic E-state index is 12.7. The number of rotatable bonds is 8. The summed E-state index contributed by atoms with van der Waals surface area (Å²) in [5.74, 6) is 2.14. The van der Waals surface area contributed by atoms with Crippen molar-refractivity contribution in [2.24, 2.45) is 12.0 Å². The number of alkyl halides is 3. The van der Waals surface area contributed by atoms with Crippen LogP contribution in [0.15, 0.2) is 29.3 Å². The number of methoxy groups -OCH3 is 1. The molecule has 0 aliphatic carbocycles. The van der Waals surface area contributed by atoms with E-state index >= 15 is 0 Å². The first-order valence-corrected chi connectivity index (χ1v) is 9.21. The molecule has 0 fully saturated rings. The number of nitrogens with one attached hydrogen (secondary N) is 1. The molecule has 7 nitrogen and oxygen atoms in total. The molecule has 0 radical (unpaired) electrons. The van der Waals surface area contributed by atoms with E-state index in [1.165, 1.54) is 12.1 Å². The summed E-state index contributed by atoms with van der Waals surface area (Å²) in [5.41, 5.74) is 0.0922. The summed E-state index contributed by atoms with van der Waals surface area (Å²) in [6.45, 7) is 3.88. The smallest absolute Gasteiger partial charge is 0.385 e. The highest BCUT2D eigenvalue weighted by molar-refractivity contribution is 14.0. The van der Waals surface area contributed by atoms with Gasteiger partial charge in [0.2, 0.25) is 0 Å². The Morgan fingerprint density at radius 1 is 1.23 bits per heavy atom. The Balaban J connectivity index is 0.00000450. The van der Waals surface area contributed by atoms with Crippen LogP contribution in [0.4, 0.5) is 13.2 Å². The van der Waals surface area contributed by atoms with E-state index in [1.54, 1.807) is 7.11 Å². The van der Waals surface area contributed by atoms with E-state index in [0.717, 1.165) is 35.8 Å². The largest absolute Gasteiger partial charge is 0.416 e. The minimum absolute atomic E-state index is 0. The lowest BCUT2D eigenvalue weighted by Crippen LogP contribution is -2.39. The second kappa shape index (κ2) is 12.1. The number of aliphatic imine (C=N–C) groups is 1. The summed E-state index contributed by atoms with van der Waals surface area (Å²) in [6.07, 6.45) is -3.54. The molecule has 1 aromatic heterocycles. The fourth-order valence-electron chi connectivity index (χ4n) is 2.61. The molecular weight excluding hydrogens is 512 g/mol. The van der Waals surface area contributed by atoms with Crippen molar-refractivity contribution >= 4 is 29.9 Å². The molecule has 1 aromatic carbocycles. The van der Waals surface area contributed by atoms with E-state index in [4.69, 9.17) is 4.74 Å². The van der Waals surface area contributed by atoms with Crippen LogP contribution in [0.5, 0.6) is 0 Å². The van der Waals surface area contributed by atoms with Gasteiger partial charge in [-0.05, 0) is 31.0 Å². The first-order chi connectivity index (χ1) is 13.7. The zero-order chi connectivity index (χ0) is 21.4. The predicted molar refractivity (Wildman–Crippen MR) is 120 cm³/mol. The summed E-state index contributed by atoms with van der Waals surface area (Å²) in [4.78, 5) is 6.47. The number of halogens is 4. The van der Waals surface area contributed by atoms with Gasteiger partial charge in [-0.3, -0.25) is 0 Å². The van der Waals surface area contributed by atoms with Gasteiger partial charge in [0.25, 0.3) is 0 Å². The van der Waals surface area contributed by atoms with Crippen LogP contribution in [-0.2, 0) is 31.1 Å². The second-order valence-corrected chi connectivity index (χ2v) is 6.69. The number of nitrogens with zero attached hydrogens (tertiary/aromatic N) is 5. The number of ether oxygens (including phenoxy) is 1. The molecule has 0 spiro atoms. The van der Waals surface area contributed by atoms with Crippen LogP contribution in [0, 0.1) is 6.92 Å². The van der Waals surface area contributed by atoms with Crippen molar-refractivity contribution < 1.29 is 17.9 Å². The third kappa shape index (κ3) is 7.74. The van der Waals surface area contributed by atoms with E-state index in [9.17, 15) is 13.2 Å². The maximum Gasteiger partial charge on any atom is 0.416 e. The monoisotopic (exact) mass is 540 g/mol. The van der Waals surface area contributed by atoms with Crippen LogP contribution in [0.25, 0.3) is 0 Å². The van der Waals surface area contributed by atoms with Gasteiger partial charge in [-0.1, -0.05) is 12.1 Å². The third-order valence-corrected chi connectivity index (χ3v) is 4.42. The van der Waals surface area contributed by atoms with Crippen LogP contribution in [0.3, 0.4) is 0 Å². The van der Waals surface area contributed by atoms with Crippen LogP contribution in [-0.4, -0.2) is 52.9 Å². The van der Waals surface area contributed by atoms with Crippen LogP contribution < -0.4 is 5.32 Å². The van der Waals surface area contributed by atoms with Gasteiger partial charge in [-0.25, -0.2) is 4.99 Å². The van der Waals surface area contributed by atoms with Gasteiger partial charge in [0.05, 0.1) is 5.56 Å². The Kier molecular flexibility index (Phi) is 10.5. The van der Waals surface area contributed by atoms with E-state index in [1.807, 2.05) is 30.5 Å². The molecule has 1 heterocycles. The zero-order valence-corrected chi connectivity index (χ0v) is 19.9. The van der Waals surface area contributed by atoms with Crippen molar-refractivity contribution in [3.8, 4) is 0 Å². The molecule has 0 saturated heterocycles.